The fourth-order valence-electron chi connectivity index (χ4n) is 4.25. The minimum atomic E-state index is -5.01. The Morgan fingerprint density at radius 3 is 2.54 bits per heavy atom. The molecule has 0 spiro atoms. The average molecular weight is 571 g/mol. The van der Waals surface area contributed by atoms with Crippen molar-refractivity contribution in [3.05, 3.63) is 40.9 Å². The Morgan fingerprint density at radius 2 is 1.82 bits per heavy atom. The first kappa shape index (κ1) is 28.6. The van der Waals surface area contributed by atoms with Crippen molar-refractivity contribution in [3.63, 3.8) is 0 Å². The van der Waals surface area contributed by atoms with E-state index in [0.717, 1.165) is 10.9 Å². The first-order chi connectivity index (χ1) is 18.0. The summed E-state index contributed by atoms with van der Waals surface area (Å²) in [7, 11) is -5.01. The molecule has 0 aromatic carbocycles. The molecular formula is C19H26N9O10P. The van der Waals surface area contributed by atoms with Crippen molar-refractivity contribution in [1.82, 2.24) is 34.1 Å². The molecule has 3 aromatic rings. The van der Waals surface area contributed by atoms with Gasteiger partial charge in [-0.15, -0.1) is 0 Å². The van der Waals surface area contributed by atoms with Gasteiger partial charge in [-0.25, -0.2) is 14.8 Å². The number of nitrogens with zero attached hydrogens (tertiary/aromatic N) is 6. The lowest BCUT2D eigenvalue weighted by atomic mass is 10.2. The van der Waals surface area contributed by atoms with E-state index < -0.39 is 69.2 Å². The molecule has 5 rings (SSSR count). The number of H-pyrrole nitrogens is 1. The number of aliphatic hydroxyl groups is 2. The topological polar surface area (TPSA) is 281 Å². The van der Waals surface area contributed by atoms with Crippen LogP contribution in [-0.4, -0.2) is 81.9 Å². The van der Waals surface area contributed by atoms with E-state index in [1.165, 1.54) is 10.9 Å². The molecule has 0 radical (unpaired) electrons. The molecule has 3 aromatic heterocycles. The quantitative estimate of drug-likeness (QED) is 0.135. The summed E-state index contributed by atoms with van der Waals surface area (Å²) in [6.45, 7) is -1.22. The molecule has 19 nitrogen and oxygen atoms in total. The lowest BCUT2D eigenvalue weighted by Crippen LogP contribution is -2.31. The Kier molecular flexibility index (Phi) is 8.05. The van der Waals surface area contributed by atoms with E-state index in [-0.39, 0.29) is 43.3 Å². The second-order valence-electron chi connectivity index (χ2n) is 8.55. The maximum Gasteiger partial charge on any atom is 0.354 e. The highest BCUT2D eigenvalue weighted by atomic mass is 31.2. The number of phosphoric acid groups is 1. The minimum Gasteiger partial charge on any atom is -0.756 e. The fourth-order valence-corrected chi connectivity index (χ4v) is 5.19. The van der Waals surface area contributed by atoms with Gasteiger partial charge in [0.2, 0.25) is 11.9 Å². The number of anilines is 2. The van der Waals surface area contributed by atoms with Crippen LogP contribution in [0, 0.1) is 7.43 Å². The third-order valence-electron chi connectivity index (χ3n) is 6.04. The molecule has 20 heteroatoms. The van der Waals surface area contributed by atoms with Gasteiger partial charge in [0, 0.05) is 20.3 Å². The van der Waals surface area contributed by atoms with Crippen molar-refractivity contribution in [2.75, 3.05) is 24.7 Å². The maximum absolute atomic E-state index is 12.5. The number of rotatable bonds is 8. The predicted molar refractivity (Wildman–Crippen MR) is 128 cm³/mol. The third kappa shape index (κ3) is 5.80. The number of nitrogen functional groups attached to an aromatic ring is 2. The Balaban J connectivity index is 0.00000353. The number of nitrogens with one attached hydrogen (secondary N) is 1. The standard InChI is InChI=1S/C18H24N9O10P.CH3/c19-16-22-6-27(18(31)25-16)12-2-8(9(3-28)35-12)37-38(32,33)34-4-10-7(29)1-11(36-10)26-5-21-13-14(26)23-17(20)24-15(13)30;/h5-12,28-29H,1-4H2,(H,32,33)(H2,19,25,31)(H3,20,23,24,30);1H3/q;+1/p-1/t7?,8?,9-,10-,11-,12-;/m1./s1. The monoisotopic (exact) mass is 571 g/mol. The number of hydrogen-bond acceptors (Lipinski definition) is 16. The molecule has 0 amide bonds. The highest BCUT2D eigenvalue weighted by molar-refractivity contribution is 7.45. The van der Waals surface area contributed by atoms with Gasteiger partial charge in [0.15, 0.2) is 11.2 Å². The first-order valence-corrected chi connectivity index (χ1v) is 12.7. The molecular weight excluding hydrogens is 545 g/mol. The zero-order chi connectivity index (χ0) is 27.2. The summed E-state index contributed by atoms with van der Waals surface area (Å²) < 4.78 is 36.2. The van der Waals surface area contributed by atoms with Crippen LogP contribution in [0.1, 0.15) is 25.3 Å². The molecule has 212 valence electrons. The highest BCUT2D eigenvalue weighted by Gasteiger charge is 2.41. The van der Waals surface area contributed by atoms with Crippen molar-refractivity contribution >= 4 is 30.9 Å². The van der Waals surface area contributed by atoms with E-state index in [9.17, 15) is 29.3 Å². The minimum absolute atomic E-state index is 0. The normalized spacial score (nSPS) is 28.4. The number of aliphatic hydroxyl groups excluding tert-OH is 2. The summed E-state index contributed by atoms with van der Waals surface area (Å²) in [5, 5.41) is 20.0. The number of phosphoric ester groups is 1. The van der Waals surface area contributed by atoms with Gasteiger partial charge in [0.1, 0.15) is 31.0 Å². The van der Waals surface area contributed by atoms with Gasteiger partial charge < -0.3 is 45.1 Å². The summed E-state index contributed by atoms with van der Waals surface area (Å²) in [5.41, 5.74) is 9.76. The molecule has 7 atom stereocenters. The van der Waals surface area contributed by atoms with Crippen molar-refractivity contribution < 1.29 is 38.2 Å². The van der Waals surface area contributed by atoms with Crippen LogP contribution in [0.15, 0.2) is 22.2 Å². The van der Waals surface area contributed by atoms with Crippen LogP contribution in [0.4, 0.5) is 11.9 Å². The smallest absolute Gasteiger partial charge is 0.354 e. The summed E-state index contributed by atoms with van der Waals surface area (Å²) >= 11 is 0. The molecule has 2 saturated heterocycles. The highest BCUT2D eigenvalue weighted by Crippen LogP contribution is 2.45. The van der Waals surface area contributed by atoms with Gasteiger partial charge >= 0.3 is 5.69 Å². The first-order valence-electron chi connectivity index (χ1n) is 11.2. The maximum atomic E-state index is 12.5. The second kappa shape index (κ2) is 11.0. The summed E-state index contributed by atoms with van der Waals surface area (Å²) in [5.74, 6) is -0.387. The number of hydrogen-bond donors (Lipinski definition) is 5. The SMILES string of the molecule is Nc1ncn([C@H]2CC(OP(=O)([O-])OC[C@H]3O[C@@H](n4cnc5c(=O)[nH]c(N)nc54)CC3O)[C@@H](CO)O2)c(=O)n1.[CH3+]. The molecule has 7 N–H and O–H groups in total. The van der Waals surface area contributed by atoms with Crippen molar-refractivity contribution in [3.8, 4) is 0 Å². The molecule has 2 fully saturated rings. The largest absolute Gasteiger partial charge is 0.756 e. The molecule has 39 heavy (non-hydrogen) atoms. The molecule has 3 unspecified atom stereocenters. The zero-order valence-electron chi connectivity index (χ0n) is 20.4. The van der Waals surface area contributed by atoms with Gasteiger partial charge in [0.05, 0.1) is 31.7 Å². The molecule has 0 bridgehead atoms. The molecule has 5 heterocycles. The number of fused-ring (bicyclic) bond motifs is 1. The van der Waals surface area contributed by atoms with Crippen molar-refractivity contribution in [1.29, 1.82) is 0 Å². The van der Waals surface area contributed by atoms with Crippen LogP contribution >= 0.6 is 7.82 Å². The Morgan fingerprint density at radius 1 is 1.13 bits per heavy atom. The van der Waals surface area contributed by atoms with Crippen LogP contribution in [-0.2, 0) is 23.1 Å². The van der Waals surface area contributed by atoms with Gasteiger partial charge in [-0.3, -0.25) is 23.5 Å². The lowest BCUT2D eigenvalue weighted by Gasteiger charge is -2.29. The van der Waals surface area contributed by atoms with Crippen molar-refractivity contribution in [2.24, 2.45) is 0 Å². The van der Waals surface area contributed by atoms with Gasteiger partial charge in [-0.1, -0.05) is 0 Å². The summed E-state index contributed by atoms with van der Waals surface area (Å²) in [4.78, 5) is 54.1. The van der Waals surface area contributed by atoms with E-state index in [1.807, 2.05) is 0 Å². The lowest BCUT2D eigenvalue weighted by molar-refractivity contribution is -0.234. The second-order valence-corrected chi connectivity index (χ2v) is 9.91. The number of imidazole rings is 1. The Hall–Kier alpha value is -3.42. The summed E-state index contributed by atoms with van der Waals surface area (Å²) in [6, 6.07) is 0. The van der Waals surface area contributed by atoms with E-state index >= 15 is 0 Å². The summed E-state index contributed by atoms with van der Waals surface area (Å²) in [6.07, 6.45) is -4.16. The van der Waals surface area contributed by atoms with Crippen LogP contribution in [0.2, 0.25) is 0 Å². The van der Waals surface area contributed by atoms with Crippen LogP contribution in [0.25, 0.3) is 11.2 Å². The zero-order valence-corrected chi connectivity index (χ0v) is 21.3. The Labute approximate surface area is 219 Å². The van der Waals surface area contributed by atoms with Gasteiger partial charge in [0.25, 0.3) is 13.4 Å². The molecule has 0 aliphatic carbocycles. The van der Waals surface area contributed by atoms with Gasteiger partial charge in [-0.2, -0.15) is 9.97 Å². The van der Waals surface area contributed by atoms with Crippen LogP contribution < -0.4 is 27.6 Å². The number of nitrogens with two attached hydrogens (primary N) is 2. The van der Waals surface area contributed by atoms with E-state index in [4.69, 9.17) is 30.0 Å². The Bertz CT molecular complexity index is 1490. The number of aromatic amines is 1. The average Bonchev–Trinajstić information content (AvgIpc) is 3.54. The fraction of sp³-hybridized carbons (Fsp3) is 0.526. The number of aromatic nitrogens is 7. The van der Waals surface area contributed by atoms with E-state index in [1.54, 1.807) is 0 Å². The van der Waals surface area contributed by atoms with Crippen LogP contribution in [0.5, 0.6) is 0 Å². The molecule has 2 aliphatic rings. The van der Waals surface area contributed by atoms with E-state index in [0.29, 0.717) is 0 Å². The van der Waals surface area contributed by atoms with Crippen molar-refractivity contribution in [2.45, 2.75) is 49.7 Å². The molecule has 0 saturated carbocycles. The molecule has 2 aliphatic heterocycles. The van der Waals surface area contributed by atoms with Crippen LogP contribution in [0.3, 0.4) is 0 Å². The van der Waals surface area contributed by atoms with Gasteiger partial charge in [-0.05, 0) is 0 Å². The number of ether oxygens (including phenoxy) is 2. The third-order valence-corrected chi connectivity index (χ3v) is 7.04. The predicted octanol–water partition coefficient (Wildman–Crippen LogP) is -2.82. The van der Waals surface area contributed by atoms with E-state index in [2.05, 4.69) is 24.9 Å².